The number of amides is 2. The summed E-state index contributed by atoms with van der Waals surface area (Å²) in [5.74, 6) is -0.180. The Balaban J connectivity index is 1.57. The van der Waals surface area contributed by atoms with Crippen molar-refractivity contribution in [1.82, 2.24) is 9.80 Å². The molecule has 2 amide bonds. The third-order valence-corrected chi connectivity index (χ3v) is 7.86. The van der Waals surface area contributed by atoms with Crippen LogP contribution in [0.3, 0.4) is 0 Å². The molecule has 2 heterocycles. The van der Waals surface area contributed by atoms with Crippen molar-refractivity contribution < 1.29 is 14.3 Å². The van der Waals surface area contributed by atoms with Gasteiger partial charge in [-0.25, -0.2) is 0 Å². The minimum Gasteiger partial charge on any atom is -0.382 e. The van der Waals surface area contributed by atoms with Gasteiger partial charge in [0, 0.05) is 41.8 Å². The lowest BCUT2D eigenvalue weighted by atomic mass is 9.93. The molecular formula is C29H33ClN2O3S. The van der Waals surface area contributed by atoms with Crippen LogP contribution in [0.25, 0.3) is 0 Å². The number of aryl methyl sites for hydroxylation is 1. The van der Waals surface area contributed by atoms with E-state index >= 15 is 0 Å². The number of fused-ring (bicyclic) bond motifs is 1. The monoisotopic (exact) mass is 524 g/mol. The quantitative estimate of drug-likeness (QED) is 0.305. The van der Waals surface area contributed by atoms with Gasteiger partial charge in [0.05, 0.1) is 6.04 Å². The fourth-order valence-corrected chi connectivity index (χ4v) is 5.69. The Morgan fingerprint density at radius 3 is 2.53 bits per heavy atom. The number of carbonyl (C=O) groups excluding carboxylic acids is 2. The zero-order chi connectivity index (χ0) is 25.5. The predicted molar refractivity (Wildman–Crippen MR) is 146 cm³/mol. The van der Waals surface area contributed by atoms with Crippen LogP contribution in [0, 0.1) is 0 Å². The first-order chi connectivity index (χ1) is 17.5. The number of hydrogen-bond acceptors (Lipinski definition) is 4. The highest BCUT2D eigenvalue weighted by Crippen LogP contribution is 2.38. The lowest BCUT2D eigenvalue weighted by Gasteiger charge is -2.37. The van der Waals surface area contributed by atoms with Crippen molar-refractivity contribution in [3.05, 3.63) is 92.1 Å². The van der Waals surface area contributed by atoms with Crippen LogP contribution in [0.5, 0.6) is 0 Å². The first-order valence-corrected chi connectivity index (χ1v) is 13.8. The van der Waals surface area contributed by atoms with Gasteiger partial charge in [-0.2, -0.15) is 0 Å². The van der Waals surface area contributed by atoms with Crippen LogP contribution in [0.1, 0.15) is 58.2 Å². The molecule has 4 rings (SSSR count). The lowest BCUT2D eigenvalue weighted by molar-refractivity contribution is -0.134. The van der Waals surface area contributed by atoms with Crippen LogP contribution in [-0.2, 0) is 22.4 Å². The van der Waals surface area contributed by atoms with Gasteiger partial charge in [-0.3, -0.25) is 9.59 Å². The summed E-state index contributed by atoms with van der Waals surface area (Å²) >= 11 is 7.88. The van der Waals surface area contributed by atoms with Gasteiger partial charge in [0.2, 0.25) is 5.91 Å². The highest BCUT2D eigenvalue weighted by atomic mass is 35.5. The Labute approximate surface area is 222 Å². The first kappa shape index (κ1) is 26.4. The molecule has 0 saturated heterocycles. The molecule has 0 fully saturated rings. The molecule has 5 nitrogen and oxygen atoms in total. The minimum atomic E-state index is -0.186. The molecule has 0 bridgehead atoms. The molecule has 1 aromatic heterocycles. The van der Waals surface area contributed by atoms with Crippen molar-refractivity contribution in [2.45, 2.75) is 39.2 Å². The van der Waals surface area contributed by atoms with Gasteiger partial charge in [0.1, 0.15) is 6.54 Å². The Hall–Kier alpha value is -2.67. The number of thiophene rings is 1. The van der Waals surface area contributed by atoms with Crippen LogP contribution in [0.15, 0.2) is 60.0 Å². The van der Waals surface area contributed by atoms with Crippen LogP contribution in [0.2, 0.25) is 5.02 Å². The number of rotatable bonds is 10. The van der Waals surface area contributed by atoms with Crippen molar-refractivity contribution in [3.8, 4) is 0 Å². The molecule has 190 valence electrons. The van der Waals surface area contributed by atoms with Crippen LogP contribution >= 0.6 is 22.9 Å². The van der Waals surface area contributed by atoms with Crippen LogP contribution in [0.4, 0.5) is 0 Å². The molecule has 1 unspecified atom stereocenters. The van der Waals surface area contributed by atoms with E-state index in [2.05, 4.69) is 18.4 Å². The molecule has 0 aliphatic carbocycles. The fraction of sp³-hybridized carbons (Fsp3) is 0.379. The minimum absolute atomic E-state index is 0.0318. The number of carbonyl (C=O) groups is 2. The SMILES string of the molecule is CCOCCCN(CC(=O)N1CCc2sccc2C1c1ccc(Cl)cc1)C(=O)c1ccc(CC)cc1. The normalized spacial score (nSPS) is 15.0. The average Bonchev–Trinajstić information content (AvgIpc) is 3.39. The van der Waals surface area contributed by atoms with E-state index in [1.807, 2.05) is 60.4 Å². The average molecular weight is 525 g/mol. The number of hydrogen-bond donors (Lipinski definition) is 0. The van der Waals surface area contributed by atoms with E-state index in [1.165, 1.54) is 10.4 Å². The summed E-state index contributed by atoms with van der Waals surface area (Å²) in [7, 11) is 0. The number of halogens is 1. The standard InChI is InChI=1S/C29H33ClN2O3S/c1-3-21-6-8-23(9-7-21)29(34)31(16-5-18-35-4-2)20-27(33)32-17-14-26-25(15-19-36-26)28(32)22-10-12-24(30)13-11-22/h6-13,15,19,28H,3-5,14,16-18,20H2,1-2H3. The largest absolute Gasteiger partial charge is 0.382 e. The molecule has 1 atom stereocenters. The van der Waals surface area contributed by atoms with Gasteiger partial charge in [-0.1, -0.05) is 42.8 Å². The second-order valence-corrected chi connectivity index (χ2v) is 10.4. The van der Waals surface area contributed by atoms with E-state index in [0.29, 0.717) is 43.3 Å². The zero-order valence-corrected chi connectivity index (χ0v) is 22.5. The van der Waals surface area contributed by atoms with E-state index in [0.717, 1.165) is 24.0 Å². The molecule has 1 aliphatic rings. The van der Waals surface area contributed by atoms with Gasteiger partial charge in [0.25, 0.3) is 5.91 Å². The molecule has 7 heteroatoms. The van der Waals surface area contributed by atoms with E-state index in [-0.39, 0.29) is 24.4 Å². The second kappa shape index (κ2) is 12.5. The Kier molecular flexibility index (Phi) is 9.19. The van der Waals surface area contributed by atoms with Crippen molar-refractivity contribution in [2.24, 2.45) is 0 Å². The fourth-order valence-electron chi connectivity index (χ4n) is 4.66. The predicted octanol–water partition coefficient (Wildman–Crippen LogP) is 6.01. The zero-order valence-electron chi connectivity index (χ0n) is 20.9. The van der Waals surface area contributed by atoms with Crippen LogP contribution < -0.4 is 0 Å². The van der Waals surface area contributed by atoms with Gasteiger partial charge in [0.15, 0.2) is 0 Å². The molecule has 0 spiro atoms. The topological polar surface area (TPSA) is 49.9 Å². The van der Waals surface area contributed by atoms with E-state index < -0.39 is 0 Å². The Morgan fingerprint density at radius 2 is 1.83 bits per heavy atom. The second-order valence-electron chi connectivity index (χ2n) is 8.92. The Bertz CT molecular complexity index is 1160. The van der Waals surface area contributed by atoms with Gasteiger partial charge >= 0.3 is 0 Å². The van der Waals surface area contributed by atoms with Gasteiger partial charge < -0.3 is 14.5 Å². The van der Waals surface area contributed by atoms with Gasteiger partial charge in [-0.15, -0.1) is 11.3 Å². The maximum atomic E-state index is 13.8. The highest BCUT2D eigenvalue weighted by molar-refractivity contribution is 7.10. The molecule has 0 saturated carbocycles. The number of nitrogens with zero attached hydrogens (tertiary/aromatic N) is 2. The third kappa shape index (κ3) is 6.17. The number of benzene rings is 2. The summed E-state index contributed by atoms with van der Waals surface area (Å²) in [6.45, 7) is 6.33. The highest BCUT2D eigenvalue weighted by Gasteiger charge is 2.34. The third-order valence-electron chi connectivity index (χ3n) is 6.62. The molecule has 3 aromatic rings. The summed E-state index contributed by atoms with van der Waals surface area (Å²) in [5, 5.41) is 2.75. The van der Waals surface area contributed by atoms with E-state index in [4.69, 9.17) is 16.3 Å². The van der Waals surface area contributed by atoms with Crippen molar-refractivity contribution in [2.75, 3.05) is 32.8 Å². The molecule has 2 aromatic carbocycles. The molecular weight excluding hydrogens is 492 g/mol. The maximum Gasteiger partial charge on any atom is 0.254 e. The molecule has 0 radical (unpaired) electrons. The summed E-state index contributed by atoms with van der Waals surface area (Å²) in [6.07, 6.45) is 2.41. The first-order valence-electron chi connectivity index (χ1n) is 12.6. The lowest BCUT2D eigenvalue weighted by Crippen LogP contribution is -2.47. The smallest absolute Gasteiger partial charge is 0.254 e. The summed E-state index contributed by atoms with van der Waals surface area (Å²) < 4.78 is 5.49. The molecule has 1 aliphatic heterocycles. The maximum absolute atomic E-state index is 13.8. The Morgan fingerprint density at radius 1 is 1.08 bits per heavy atom. The van der Waals surface area contributed by atoms with Crippen molar-refractivity contribution in [1.29, 1.82) is 0 Å². The van der Waals surface area contributed by atoms with Crippen molar-refractivity contribution >= 4 is 34.8 Å². The summed E-state index contributed by atoms with van der Waals surface area (Å²) in [6, 6.07) is 17.3. The summed E-state index contributed by atoms with van der Waals surface area (Å²) in [5.41, 5.74) is 3.96. The van der Waals surface area contributed by atoms with Crippen LogP contribution in [-0.4, -0.2) is 54.5 Å². The molecule has 36 heavy (non-hydrogen) atoms. The van der Waals surface area contributed by atoms with E-state index in [9.17, 15) is 9.59 Å². The number of ether oxygens (including phenoxy) is 1. The van der Waals surface area contributed by atoms with Gasteiger partial charge in [-0.05, 0) is 78.6 Å². The van der Waals surface area contributed by atoms with Crippen molar-refractivity contribution in [3.63, 3.8) is 0 Å². The molecule has 0 N–H and O–H groups in total. The summed E-state index contributed by atoms with van der Waals surface area (Å²) in [4.78, 5) is 32.2. The van der Waals surface area contributed by atoms with E-state index in [1.54, 1.807) is 16.2 Å².